The number of nitrogens with one attached hydrogen (secondary N) is 2. The van der Waals surface area contributed by atoms with Gasteiger partial charge in [0.1, 0.15) is 0 Å². The van der Waals surface area contributed by atoms with Gasteiger partial charge >= 0.3 is 6.03 Å². The molecule has 0 bridgehead atoms. The molecule has 0 aliphatic heterocycles. The molecule has 0 saturated carbocycles. The van der Waals surface area contributed by atoms with Crippen LogP contribution in [-0.4, -0.2) is 19.1 Å². The Morgan fingerprint density at radius 1 is 1.75 bits per heavy atom. The molecule has 4 N–H and O–H groups in total. The molecule has 0 aliphatic rings. The van der Waals surface area contributed by atoms with Crippen LogP contribution >= 0.6 is 0 Å². The second-order valence-electron chi connectivity index (χ2n) is 1.39. The summed E-state index contributed by atoms with van der Waals surface area (Å²) in [5.74, 6) is 0. The highest BCUT2D eigenvalue weighted by molar-refractivity contribution is 5.71. The first-order chi connectivity index (χ1) is 3.77. The zero-order valence-corrected chi connectivity index (χ0v) is 4.61. The van der Waals surface area contributed by atoms with E-state index in [1.807, 2.05) is 0 Å². The number of carbonyl (C=O) groups is 1. The number of nitrogens with two attached hydrogens (primary N) is 1. The maximum Gasteiger partial charge on any atom is 0.312 e. The second-order valence-corrected chi connectivity index (χ2v) is 1.39. The molecular formula is C4H10N3O. The molecule has 8 heavy (non-hydrogen) atoms. The lowest BCUT2D eigenvalue weighted by atomic mass is 10.4. The number of urea groups is 1. The Balaban J connectivity index is 2.82. The van der Waals surface area contributed by atoms with Crippen molar-refractivity contribution in [2.45, 2.75) is 6.42 Å². The van der Waals surface area contributed by atoms with Crippen LogP contribution in [0.5, 0.6) is 0 Å². The van der Waals surface area contributed by atoms with Gasteiger partial charge in [-0.2, -0.15) is 0 Å². The van der Waals surface area contributed by atoms with E-state index in [1.54, 1.807) is 0 Å². The number of amides is 2. The minimum Gasteiger partial charge on any atom is -0.352 e. The summed E-state index contributed by atoms with van der Waals surface area (Å²) in [6, 6.07) is -0.515. The molecule has 0 rings (SSSR count). The minimum absolute atomic E-state index is 0.334. The van der Waals surface area contributed by atoms with Gasteiger partial charge in [-0.25, -0.2) is 4.79 Å². The Morgan fingerprint density at radius 2 is 2.38 bits per heavy atom. The standard InChI is InChI=1S/C4H10N3O/c5-2-1-3-7-4(6)8/h5H,1-3H2,(H3,6,7,8). The van der Waals surface area contributed by atoms with Crippen LogP contribution in [0.25, 0.3) is 0 Å². The zero-order chi connectivity index (χ0) is 6.41. The first kappa shape index (κ1) is 7.23. The summed E-state index contributed by atoms with van der Waals surface area (Å²) >= 11 is 0. The lowest BCUT2D eigenvalue weighted by Crippen LogP contribution is -2.30. The van der Waals surface area contributed by atoms with Gasteiger partial charge in [0.15, 0.2) is 0 Å². The highest BCUT2D eigenvalue weighted by atomic mass is 16.2. The van der Waals surface area contributed by atoms with E-state index in [0.717, 1.165) is 0 Å². The molecule has 4 nitrogen and oxygen atoms in total. The van der Waals surface area contributed by atoms with Crippen LogP contribution in [0.1, 0.15) is 6.42 Å². The highest BCUT2D eigenvalue weighted by Crippen LogP contribution is 1.68. The molecule has 4 heteroatoms. The van der Waals surface area contributed by atoms with Crippen molar-refractivity contribution in [3.8, 4) is 0 Å². The first-order valence-electron chi connectivity index (χ1n) is 2.45. The predicted molar refractivity (Wildman–Crippen MR) is 30.2 cm³/mol. The fraction of sp³-hybridized carbons (Fsp3) is 0.750. The van der Waals surface area contributed by atoms with E-state index in [9.17, 15) is 4.79 Å². The molecule has 2 amide bonds. The average Bonchev–Trinajstić information content (AvgIpc) is 1.66. The van der Waals surface area contributed by atoms with E-state index < -0.39 is 6.03 Å². The summed E-state index contributed by atoms with van der Waals surface area (Å²) in [6.45, 7) is 0.846. The number of hydrogen-bond acceptors (Lipinski definition) is 1. The number of hydrogen-bond donors (Lipinski definition) is 2. The maximum atomic E-state index is 9.92. The van der Waals surface area contributed by atoms with E-state index in [1.165, 1.54) is 0 Å². The third-order valence-electron chi connectivity index (χ3n) is 0.653. The van der Waals surface area contributed by atoms with Gasteiger partial charge in [0.25, 0.3) is 0 Å². The van der Waals surface area contributed by atoms with Gasteiger partial charge in [0.2, 0.25) is 0 Å². The van der Waals surface area contributed by atoms with Gasteiger partial charge in [0.05, 0.1) is 0 Å². The SMILES string of the molecule is [NH]CCCNC(N)=O. The van der Waals surface area contributed by atoms with Crippen molar-refractivity contribution < 1.29 is 4.79 Å². The lowest BCUT2D eigenvalue weighted by molar-refractivity contribution is 0.249. The molecule has 0 unspecified atom stereocenters. The van der Waals surface area contributed by atoms with Crippen LogP contribution in [0.2, 0.25) is 0 Å². The minimum atomic E-state index is -0.515. The van der Waals surface area contributed by atoms with Crippen LogP contribution in [-0.2, 0) is 0 Å². The molecule has 0 saturated heterocycles. The smallest absolute Gasteiger partial charge is 0.312 e. The van der Waals surface area contributed by atoms with E-state index in [0.29, 0.717) is 19.5 Å². The average molecular weight is 116 g/mol. The molecule has 0 spiro atoms. The van der Waals surface area contributed by atoms with Gasteiger partial charge in [-0.15, -0.1) is 0 Å². The molecule has 0 aromatic rings. The fourth-order valence-electron chi connectivity index (χ4n) is 0.300. The summed E-state index contributed by atoms with van der Waals surface area (Å²) in [4.78, 5) is 9.92. The van der Waals surface area contributed by atoms with Crippen LogP contribution in [0.15, 0.2) is 0 Å². The van der Waals surface area contributed by atoms with Gasteiger partial charge < -0.3 is 11.1 Å². The quantitative estimate of drug-likeness (QED) is 0.471. The number of rotatable bonds is 3. The highest BCUT2D eigenvalue weighted by Gasteiger charge is 1.86. The van der Waals surface area contributed by atoms with E-state index in [4.69, 9.17) is 11.5 Å². The molecular weight excluding hydrogens is 106 g/mol. The Bertz CT molecular complexity index is 73.7. The largest absolute Gasteiger partial charge is 0.352 e. The molecule has 0 fully saturated rings. The maximum absolute atomic E-state index is 9.92. The van der Waals surface area contributed by atoms with Crippen molar-refractivity contribution in [2.75, 3.05) is 13.1 Å². The van der Waals surface area contributed by atoms with E-state index in [-0.39, 0.29) is 0 Å². The zero-order valence-electron chi connectivity index (χ0n) is 4.61. The summed E-state index contributed by atoms with van der Waals surface area (Å²) < 4.78 is 0. The van der Waals surface area contributed by atoms with E-state index in [2.05, 4.69) is 5.32 Å². The molecule has 0 atom stereocenters. The molecule has 0 aromatic carbocycles. The molecule has 0 heterocycles. The Kier molecular flexibility index (Phi) is 3.97. The van der Waals surface area contributed by atoms with Crippen LogP contribution < -0.4 is 16.8 Å². The van der Waals surface area contributed by atoms with Gasteiger partial charge in [-0.1, -0.05) is 0 Å². The van der Waals surface area contributed by atoms with Crippen molar-refractivity contribution in [3.63, 3.8) is 0 Å². The van der Waals surface area contributed by atoms with Gasteiger partial charge in [-0.05, 0) is 6.42 Å². The molecule has 0 aromatic heterocycles. The van der Waals surface area contributed by atoms with Crippen LogP contribution in [0, 0.1) is 0 Å². The van der Waals surface area contributed by atoms with Crippen molar-refractivity contribution in [1.29, 1.82) is 0 Å². The Hall–Kier alpha value is -0.770. The van der Waals surface area contributed by atoms with Gasteiger partial charge in [-0.3, -0.25) is 5.73 Å². The first-order valence-corrected chi connectivity index (χ1v) is 2.45. The monoisotopic (exact) mass is 116 g/mol. The number of primary amides is 1. The summed E-state index contributed by atoms with van der Waals surface area (Å²) in [7, 11) is 0. The third kappa shape index (κ3) is 5.23. The number of carbonyl (C=O) groups excluding carboxylic acids is 1. The molecule has 47 valence electrons. The molecule has 0 aliphatic carbocycles. The summed E-state index contributed by atoms with van der Waals surface area (Å²) in [6.07, 6.45) is 0.670. The van der Waals surface area contributed by atoms with Crippen molar-refractivity contribution in [2.24, 2.45) is 5.73 Å². The van der Waals surface area contributed by atoms with Crippen LogP contribution in [0.4, 0.5) is 4.79 Å². The van der Waals surface area contributed by atoms with Crippen LogP contribution in [0.3, 0.4) is 0 Å². The predicted octanol–water partition coefficient (Wildman–Crippen LogP) is -0.672. The Morgan fingerprint density at radius 3 is 2.75 bits per heavy atom. The van der Waals surface area contributed by atoms with Crippen molar-refractivity contribution in [1.82, 2.24) is 11.1 Å². The Labute approximate surface area is 48.2 Å². The lowest BCUT2D eigenvalue weighted by Gasteiger charge is -1.95. The fourth-order valence-corrected chi connectivity index (χ4v) is 0.300. The van der Waals surface area contributed by atoms with Crippen molar-refractivity contribution >= 4 is 6.03 Å². The second kappa shape index (κ2) is 4.39. The molecule has 1 radical (unpaired) electrons. The topological polar surface area (TPSA) is 78.9 Å². The third-order valence-corrected chi connectivity index (χ3v) is 0.653. The summed E-state index contributed by atoms with van der Waals surface area (Å²) in [5, 5.41) is 2.37. The van der Waals surface area contributed by atoms with Gasteiger partial charge in [0, 0.05) is 13.1 Å². The normalized spacial score (nSPS) is 8.62. The van der Waals surface area contributed by atoms with E-state index >= 15 is 0 Å². The van der Waals surface area contributed by atoms with Crippen molar-refractivity contribution in [3.05, 3.63) is 0 Å². The summed E-state index contributed by atoms with van der Waals surface area (Å²) in [5.41, 5.74) is 11.4.